The van der Waals surface area contributed by atoms with Gasteiger partial charge in [-0.05, 0) is 72.1 Å². The highest BCUT2D eigenvalue weighted by Gasteiger charge is 2.53. The molecule has 8 heteroatoms. The van der Waals surface area contributed by atoms with E-state index in [1.165, 1.54) is 0 Å². The van der Waals surface area contributed by atoms with Crippen LogP contribution in [-0.2, 0) is 16.6 Å². The molecular weight excluding hydrogens is 491 g/mol. The zero-order valence-electron chi connectivity index (χ0n) is 17.8. The molecule has 0 bridgehead atoms. The summed E-state index contributed by atoms with van der Waals surface area (Å²) in [7, 11) is 0. The van der Waals surface area contributed by atoms with Gasteiger partial charge in [-0.3, -0.25) is 14.7 Å². The number of aromatic nitrogens is 2. The lowest BCUT2D eigenvalue weighted by molar-refractivity contribution is -0.121. The Bertz CT molecular complexity index is 1360. The van der Waals surface area contributed by atoms with E-state index in [1.807, 2.05) is 48.5 Å². The van der Waals surface area contributed by atoms with Crippen LogP contribution in [0.5, 0.6) is 0 Å². The molecule has 5 rings (SSSR count). The van der Waals surface area contributed by atoms with Crippen molar-refractivity contribution in [3.63, 3.8) is 0 Å². The third-order valence-corrected chi connectivity index (χ3v) is 6.07. The summed E-state index contributed by atoms with van der Waals surface area (Å²) < 4.78 is 0. The van der Waals surface area contributed by atoms with Crippen LogP contribution in [0.1, 0.15) is 22.3 Å². The van der Waals surface area contributed by atoms with E-state index < -0.39 is 5.41 Å². The van der Waals surface area contributed by atoms with Gasteiger partial charge < -0.3 is 0 Å². The van der Waals surface area contributed by atoms with Crippen LogP contribution < -0.4 is 4.90 Å². The largest absolute Gasteiger partial charge is 0.273 e. The number of nitrogens with zero attached hydrogens (tertiary/aromatic N) is 4. The highest BCUT2D eigenvalue weighted by atomic mass is 35.5. The first kappa shape index (κ1) is 25.2. The van der Waals surface area contributed by atoms with Crippen LogP contribution in [0.15, 0.2) is 91.4 Å². The van der Waals surface area contributed by atoms with E-state index in [4.69, 9.17) is 11.6 Å². The molecule has 4 aromatic rings. The van der Waals surface area contributed by atoms with E-state index in [0.717, 1.165) is 16.7 Å². The summed E-state index contributed by atoms with van der Waals surface area (Å²) in [6.45, 7) is 0. The number of rotatable bonds is 4. The Labute approximate surface area is 214 Å². The van der Waals surface area contributed by atoms with Gasteiger partial charge in [-0.25, -0.2) is 4.98 Å². The SMILES string of the molecule is Cl.Cl.N#Cc1cccc(C2(Cc3ccncc3)C(=O)N(c3ccc(Cl)cc3)c3ncccc32)c1. The number of halogens is 3. The number of nitriles is 1. The highest BCUT2D eigenvalue weighted by molar-refractivity contribution is 6.30. The van der Waals surface area contributed by atoms with Gasteiger partial charge in [-0.1, -0.05) is 29.8 Å². The second-order valence-corrected chi connectivity index (χ2v) is 8.06. The molecule has 0 saturated heterocycles. The van der Waals surface area contributed by atoms with Gasteiger partial charge in [0.2, 0.25) is 5.91 Å². The molecule has 1 unspecified atom stereocenters. The predicted octanol–water partition coefficient (Wildman–Crippen LogP) is 6.05. The van der Waals surface area contributed by atoms with Crippen molar-refractivity contribution in [3.05, 3.63) is 119 Å². The number of fused-ring (bicyclic) bond motifs is 1. The second-order valence-electron chi connectivity index (χ2n) is 7.62. The lowest BCUT2D eigenvalue weighted by atomic mass is 9.71. The number of anilines is 2. The van der Waals surface area contributed by atoms with Crippen LogP contribution in [0.3, 0.4) is 0 Å². The lowest BCUT2D eigenvalue weighted by Gasteiger charge is -2.30. The summed E-state index contributed by atoms with van der Waals surface area (Å²) in [5.41, 5.74) is 2.66. The van der Waals surface area contributed by atoms with Crippen molar-refractivity contribution in [2.75, 3.05) is 4.90 Å². The normalized spacial score (nSPS) is 16.1. The monoisotopic (exact) mass is 508 g/mol. The molecule has 3 heterocycles. The first-order chi connectivity index (χ1) is 15.6. The molecule has 0 aliphatic carbocycles. The van der Waals surface area contributed by atoms with Crippen LogP contribution in [0.4, 0.5) is 11.5 Å². The molecule has 1 amide bonds. The molecule has 0 N–H and O–H groups in total. The van der Waals surface area contributed by atoms with Gasteiger partial charge in [0.15, 0.2) is 0 Å². The molecular formula is C26H19Cl3N4O. The second kappa shape index (κ2) is 10.2. The topological polar surface area (TPSA) is 69.9 Å². The molecule has 1 aliphatic rings. The van der Waals surface area contributed by atoms with Crippen molar-refractivity contribution in [1.29, 1.82) is 5.26 Å². The lowest BCUT2D eigenvalue weighted by Crippen LogP contribution is -2.41. The predicted molar refractivity (Wildman–Crippen MR) is 137 cm³/mol. The van der Waals surface area contributed by atoms with Gasteiger partial charge in [0.1, 0.15) is 11.2 Å². The summed E-state index contributed by atoms with van der Waals surface area (Å²) in [6, 6.07) is 24.2. The molecule has 170 valence electrons. The van der Waals surface area contributed by atoms with Crippen LogP contribution in [-0.4, -0.2) is 15.9 Å². The molecule has 0 radical (unpaired) electrons. The van der Waals surface area contributed by atoms with Crippen molar-refractivity contribution in [2.24, 2.45) is 0 Å². The number of hydrogen-bond donors (Lipinski definition) is 0. The summed E-state index contributed by atoms with van der Waals surface area (Å²) in [6.07, 6.45) is 5.53. The van der Waals surface area contributed by atoms with Crippen molar-refractivity contribution in [1.82, 2.24) is 9.97 Å². The molecule has 1 aliphatic heterocycles. The maximum absolute atomic E-state index is 14.3. The number of amides is 1. The first-order valence-electron chi connectivity index (χ1n) is 10.1. The third-order valence-electron chi connectivity index (χ3n) is 5.81. The maximum Gasteiger partial charge on any atom is 0.248 e. The zero-order valence-corrected chi connectivity index (χ0v) is 20.1. The van der Waals surface area contributed by atoms with Crippen LogP contribution in [0.2, 0.25) is 5.02 Å². The van der Waals surface area contributed by atoms with Crippen molar-refractivity contribution in [3.8, 4) is 6.07 Å². The molecule has 0 spiro atoms. The molecule has 2 aromatic heterocycles. The van der Waals surface area contributed by atoms with Crippen molar-refractivity contribution >= 4 is 53.8 Å². The minimum Gasteiger partial charge on any atom is -0.273 e. The highest BCUT2D eigenvalue weighted by Crippen LogP contribution is 2.50. The number of carbonyl (C=O) groups excluding carboxylic acids is 1. The van der Waals surface area contributed by atoms with Crippen molar-refractivity contribution < 1.29 is 4.79 Å². The number of hydrogen-bond acceptors (Lipinski definition) is 4. The standard InChI is InChI=1S/C26H17ClN4O.2ClH/c27-21-6-8-22(9-7-21)31-24-23(5-2-12-30-24)26(25(31)32,16-18-10-13-29-14-11-18)20-4-1-3-19(15-20)17-28;;/h1-15H,16H2;2*1H. The summed E-state index contributed by atoms with van der Waals surface area (Å²) in [5, 5.41) is 10.1. The van der Waals surface area contributed by atoms with Crippen LogP contribution in [0.25, 0.3) is 0 Å². The van der Waals surface area contributed by atoms with E-state index in [9.17, 15) is 10.1 Å². The maximum atomic E-state index is 14.3. The summed E-state index contributed by atoms with van der Waals surface area (Å²) >= 11 is 6.09. The van der Waals surface area contributed by atoms with Crippen molar-refractivity contribution in [2.45, 2.75) is 11.8 Å². The van der Waals surface area contributed by atoms with Gasteiger partial charge in [-0.15, -0.1) is 24.8 Å². The van der Waals surface area contributed by atoms with Gasteiger partial charge in [0.25, 0.3) is 0 Å². The Morgan fingerprint density at radius 1 is 0.941 bits per heavy atom. The Hall–Kier alpha value is -3.43. The minimum absolute atomic E-state index is 0. The fourth-order valence-corrected chi connectivity index (χ4v) is 4.48. The third kappa shape index (κ3) is 4.12. The molecule has 0 saturated carbocycles. The Morgan fingerprint density at radius 3 is 2.38 bits per heavy atom. The first-order valence-corrected chi connectivity index (χ1v) is 10.5. The molecule has 2 aromatic carbocycles. The summed E-state index contributed by atoms with van der Waals surface area (Å²) in [4.78, 5) is 24.7. The van der Waals surface area contributed by atoms with Gasteiger partial charge in [0.05, 0.1) is 17.3 Å². The number of carbonyl (C=O) groups is 1. The molecule has 34 heavy (non-hydrogen) atoms. The van der Waals surface area contributed by atoms with E-state index in [1.54, 1.807) is 47.8 Å². The Morgan fingerprint density at radius 2 is 1.68 bits per heavy atom. The Balaban J connectivity index is 0.00000162. The van der Waals surface area contributed by atoms with E-state index in [0.29, 0.717) is 28.5 Å². The quantitative estimate of drug-likeness (QED) is 0.336. The fourth-order valence-electron chi connectivity index (χ4n) is 4.35. The molecule has 1 atom stereocenters. The van der Waals surface area contributed by atoms with Gasteiger partial charge in [0, 0.05) is 29.2 Å². The minimum atomic E-state index is -1.04. The number of pyridine rings is 2. The summed E-state index contributed by atoms with van der Waals surface area (Å²) in [5.74, 6) is 0.455. The zero-order chi connectivity index (χ0) is 22.1. The van der Waals surface area contributed by atoms with E-state index in [-0.39, 0.29) is 30.7 Å². The average Bonchev–Trinajstić information content (AvgIpc) is 3.09. The Kier molecular flexibility index (Phi) is 7.58. The average molecular weight is 510 g/mol. The van der Waals surface area contributed by atoms with Gasteiger partial charge in [-0.2, -0.15) is 5.26 Å². The van der Waals surface area contributed by atoms with Crippen LogP contribution in [0, 0.1) is 11.3 Å². The van der Waals surface area contributed by atoms with E-state index in [2.05, 4.69) is 16.0 Å². The number of benzene rings is 2. The smallest absolute Gasteiger partial charge is 0.248 e. The van der Waals surface area contributed by atoms with Crippen LogP contribution >= 0.6 is 36.4 Å². The molecule has 5 nitrogen and oxygen atoms in total. The van der Waals surface area contributed by atoms with Gasteiger partial charge >= 0.3 is 0 Å². The van der Waals surface area contributed by atoms with E-state index >= 15 is 0 Å². The molecule has 0 fully saturated rings. The fraction of sp³-hybridized carbons (Fsp3) is 0.0769.